The van der Waals surface area contributed by atoms with Crippen LogP contribution in [0, 0.1) is 0 Å². The average Bonchev–Trinajstić information content (AvgIpc) is 2.72. The Morgan fingerprint density at radius 3 is 2.72 bits per heavy atom. The third kappa shape index (κ3) is 2.91. The van der Waals surface area contributed by atoms with Crippen molar-refractivity contribution in [2.24, 2.45) is 0 Å². The van der Waals surface area contributed by atoms with Crippen LogP contribution < -0.4 is 5.32 Å². The van der Waals surface area contributed by atoms with Crippen LogP contribution in [-0.4, -0.2) is 30.0 Å². The molecule has 0 aliphatic carbocycles. The molecule has 0 aromatic heterocycles. The van der Waals surface area contributed by atoms with E-state index in [1.165, 1.54) is 5.56 Å². The Labute approximate surface area is 109 Å². The van der Waals surface area contributed by atoms with Crippen LogP contribution in [0.4, 0.5) is 0 Å². The SMILES string of the molecule is CCC(NCC1(O)CCOC1C)c1ccccc1. The Morgan fingerprint density at radius 2 is 2.17 bits per heavy atom. The third-order valence-electron chi connectivity index (χ3n) is 3.92. The zero-order valence-electron chi connectivity index (χ0n) is 11.2. The number of nitrogens with one attached hydrogen (secondary N) is 1. The number of ether oxygens (including phenoxy) is 1. The van der Waals surface area contributed by atoms with Crippen molar-refractivity contribution in [3.63, 3.8) is 0 Å². The van der Waals surface area contributed by atoms with Gasteiger partial charge < -0.3 is 15.2 Å². The van der Waals surface area contributed by atoms with Crippen LogP contribution in [0.2, 0.25) is 0 Å². The lowest BCUT2D eigenvalue weighted by Crippen LogP contribution is -2.46. The Hall–Kier alpha value is -0.900. The van der Waals surface area contributed by atoms with Gasteiger partial charge in [-0.25, -0.2) is 0 Å². The number of rotatable bonds is 5. The van der Waals surface area contributed by atoms with E-state index in [0.29, 0.717) is 25.6 Å². The summed E-state index contributed by atoms with van der Waals surface area (Å²) in [5.41, 5.74) is 0.553. The molecule has 0 bridgehead atoms. The standard InChI is InChI=1S/C15H23NO2/c1-3-14(13-7-5-4-6-8-13)16-11-15(17)9-10-18-12(15)2/h4-8,12,14,16-17H,3,9-11H2,1-2H3. The zero-order valence-corrected chi connectivity index (χ0v) is 11.2. The van der Waals surface area contributed by atoms with E-state index in [2.05, 4.69) is 36.5 Å². The minimum absolute atomic E-state index is 0.0849. The maximum Gasteiger partial charge on any atom is 0.105 e. The van der Waals surface area contributed by atoms with Crippen molar-refractivity contribution in [3.05, 3.63) is 35.9 Å². The summed E-state index contributed by atoms with van der Waals surface area (Å²) in [4.78, 5) is 0. The largest absolute Gasteiger partial charge is 0.386 e. The monoisotopic (exact) mass is 249 g/mol. The van der Waals surface area contributed by atoms with Gasteiger partial charge in [-0.05, 0) is 18.9 Å². The van der Waals surface area contributed by atoms with Crippen molar-refractivity contribution in [1.29, 1.82) is 0 Å². The fraction of sp³-hybridized carbons (Fsp3) is 0.600. The molecule has 0 spiro atoms. The van der Waals surface area contributed by atoms with Gasteiger partial charge in [0.05, 0.1) is 6.10 Å². The molecule has 1 aliphatic rings. The van der Waals surface area contributed by atoms with E-state index in [0.717, 1.165) is 6.42 Å². The van der Waals surface area contributed by atoms with E-state index in [1.54, 1.807) is 0 Å². The van der Waals surface area contributed by atoms with Gasteiger partial charge >= 0.3 is 0 Å². The van der Waals surface area contributed by atoms with Crippen molar-refractivity contribution in [2.45, 2.75) is 44.4 Å². The van der Waals surface area contributed by atoms with E-state index in [4.69, 9.17) is 4.74 Å². The van der Waals surface area contributed by atoms with E-state index >= 15 is 0 Å². The lowest BCUT2D eigenvalue weighted by molar-refractivity contribution is -0.0277. The van der Waals surface area contributed by atoms with E-state index in [1.807, 2.05) is 13.0 Å². The van der Waals surface area contributed by atoms with Crippen molar-refractivity contribution in [2.75, 3.05) is 13.2 Å². The second-order valence-electron chi connectivity index (χ2n) is 5.12. The number of aliphatic hydroxyl groups is 1. The molecule has 1 saturated heterocycles. The van der Waals surface area contributed by atoms with Crippen LogP contribution in [0.15, 0.2) is 30.3 Å². The van der Waals surface area contributed by atoms with E-state index < -0.39 is 5.60 Å². The molecular formula is C15H23NO2. The summed E-state index contributed by atoms with van der Waals surface area (Å²) in [5, 5.41) is 13.9. The summed E-state index contributed by atoms with van der Waals surface area (Å²) in [7, 11) is 0. The molecule has 1 heterocycles. The van der Waals surface area contributed by atoms with Crippen molar-refractivity contribution < 1.29 is 9.84 Å². The normalized spacial score (nSPS) is 29.4. The van der Waals surface area contributed by atoms with Crippen LogP contribution in [0.3, 0.4) is 0 Å². The third-order valence-corrected chi connectivity index (χ3v) is 3.92. The van der Waals surface area contributed by atoms with Crippen molar-refractivity contribution in [1.82, 2.24) is 5.32 Å². The van der Waals surface area contributed by atoms with E-state index in [-0.39, 0.29) is 6.10 Å². The predicted molar refractivity (Wildman–Crippen MR) is 72.5 cm³/mol. The molecule has 1 aromatic rings. The second kappa shape index (κ2) is 5.83. The smallest absolute Gasteiger partial charge is 0.105 e. The Kier molecular flexibility index (Phi) is 4.38. The minimum Gasteiger partial charge on any atom is -0.386 e. The molecule has 0 saturated carbocycles. The van der Waals surface area contributed by atoms with Gasteiger partial charge in [-0.15, -0.1) is 0 Å². The van der Waals surface area contributed by atoms with Gasteiger partial charge in [0.15, 0.2) is 0 Å². The van der Waals surface area contributed by atoms with Gasteiger partial charge in [-0.3, -0.25) is 0 Å². The number of benzene rings is 1. The van der Waals surface area contributed by atoms with Gasteiger partial charge in [0, 0.05) is 25.6 Å². The van der Waals surface area contributed by atoms with Crippen LogP contribution in [0.5, 0.6) is 0 Å². The number of hydrogen-bond donors (Lipinski definition) is 2. The summed E-state index contributed by atoms with van der Waals surface area (Å²) in [5.74, 6) is 0. The summed E-state index contributed by atoms with van der Waals surface area (Å²) < 4.78 is 5.45. The highest BCUT2D eigenvalue weighted by molar-refractivity contribution is 5.18. The minimum atomic E-state index is -0.720. The Bertz CT molecular complexity index is 368. The molecule has 3 nitrogen and oxygen atoms in total. The van der Waals surface area contributed by atoms with Gasteiger partial charge in [0.1, 0.15) is 5.60 Å². The Morgan fingerprint density at radius 1 is 1.44 bits per heavy atom. The molecule has 0 amide bonds. The molecule has 100 valence electrons. The molecular weight excluding hydrogens is 226 g/mol. The highest BCUT2D eigenvalue weighted by Gasteiger charge is 2.39. The molecule has 3 unspecified atom stereocenters. The molecule has 3 atom stereocenters. The van der Waals surface area contributed by atoms with Crippen LogP contribution in [0.1, 0.15) is 38.3 Å². The first kappa shape index (κ1) is 13.5. The quantitative estimate of drug-likeness (QED) is 0.841. The highest BCUT2D eigenvalue weighted by atomic mass is 16.5. The summed E-state index contributed by atoms with van der Waals surface area (Å²) in [6, 6.07) is 10.7. The Balaban J connectivity index is 1.96. The summed E-state index contributed by atoms with van der Waals surface area (Å²) in [6.45, 7) is 5.34. The topological polar surface area (TPSA) is 41.5 Å². The molecule has 1 aromatic carbocycles. The molecule has 2 rings (SSSR count). The molecule has 2 N–H and O–H groups in total. The van der Waals surface area contributed by atoms with Gasteiger partial charge in [0.25, 0.3) is 0 Å². The average molecular weight is 249 g/mol. The molecule has 0 radical (unpaired) electrons. The van der Waals surface area contributed by atoms with Crippen LogP contribution in [0.25, 0.3) is 0 Å². The van der Waals surface area contributed by atoms with Gasteiger partial charge in [0.2, 0.25) is 0 Å². The molecule has 1 fully saturated rings. The van der Waals surface area contributed by atoms with Crippen molar-refractivity contribution in [3.8, 4) is 0 Å². The first-order chi connectivity index (χ1) is 8.65. The summed E-state index contributed by atoms with van der Waals surface area (Å²) >= 11 is 0. The zero-order chi connectivity index (χ0) is 13.0. The highest BCUT2D eigenvalue weighted by Crippen LogP contribution is 2.26. The van der Waals surface area contributed by atoms with Crippen molar-refractivity contribution >= 4 is 0 Å². The van der Waals surface area contributed by atoms with E-state index in [9.17, 15) is 5.11 Å². The predicted octanol–water partition coefficient (Wildman–Crippen LogP) is 2.27. The van der Waals surface area contributed by atoms with Crippen LogP contribution >= 0.6 is 0 Å². The van der Waals surface area contributed by atoms with Crippen LogP contribution in [-0.2, 0) is 4.74 Å². The maximum atomic E-state index is 10.5. The fourth-order valence-electron chi connectivity index (χ4n) is 2.49. The lowest BCUT2D eigenvalue weighted by atomic mass is 9.95. The maximum absolute atomic E-state index is 10.5. The molecule has 1 aliphatic heterocycles. The fourth-order valence-corrected chi connectivity index (χ4v) is 2.49. The molecule has 18 heavy (non-hydrogen) atoms. The first-order valence-electron chi connectivity index (χ1n) is 6.78. The first-order valence-corrected chi connectivity index (χ1v) is 6.78. The summed E-state index contributed by atoms with van der Waals surface area (Å²) in [6.07, 6.45) is 1.64. The number of hydrogen-bond acceptors (Lipinski definition) is 3. The molecule has 3 heteroatoms. The second-order valence-corrected chi connectivity index (χ2v) is 5.12. The van der Waals surface area contributed by atoms with Gasteiger partial charge in [-0.1, -0.05) is 37.3 Å². The lowest BCUT2D eigenvalue weighted by Gasteiger charge is -2.29. The van der Waals surface area contributed by atoms with Gasteiger partial charge in [-0.2, -0.15) is 0 Å².